The summed E-state index contributed by atoms with van der Waals surface area (Å²) in [6, 6.07) is 9.29. The molecule has 0 unspecified atom stereocenters. The Kier molecular flexibility index (Phi) is 7.66. The molecule has 0 atom stereocenters. The summed E-state index contributed by atoms with van der Waals surface area (Å²) in [5.41, 5.74) is 4.21. The quantitative estimate of drug-likeness (QED) is 0.516. The van der Waals surface area contributed by atoms with Crippen LogP contribution in [0.4, 0.5) is 11.8 Å². The van der Waals surface area contributed by atoms with E-state index in [0.717, 1.165) is 17.0 Å². The first-order valence-corrected chi connectivity index (χ1v) is 11.4. The van der Waals surface area contributed by atoms with Crippen LogP contribution in [0, 0.1) is 6.92 Å². The Balaban J connectivity index is 0.00000124. The summed E-state index contributed by atoms with van der Waals surface area (Å²) in [5, 5.41) is 7.07. The fourth-order valence-corrected chi connectivity index (χ4v) is 3.92. The number of rotatable bonds is 6. The number of aryl methyl sites for hydroxylation is 1. The van der Waals surface area contributed by atoms with Crippen LogP contribution in [0.5, 0.6) is 0 Å². The molecule has 2 N–H and O–H groups in total. The number of hydrogen-bond donors (Lipinski definition) is 2. The number of benzene rings is 1. The zero-order chi connectivity index (χ0) is 21.5. The van der Waals surface area contributed by atoms with Crippen molar-refractivity contribution >= 4 is 22.9 Å². The van der Waals surface area contributed by atoms with E-state index in [-0.39, 0.29) is 0 Å². The lowest BCUT2D eigenvalue weighted by atomic mass is 9.96. The Morgan fingerprint density at radius 2 is 1.87 bits per heavy atom. The van der Waals surface area contributed by atoms with Crippen LogP contribution >= 0.6 is 0 Å². The summed E-state index contributed by atoms with van der Waals surface area (Å²) in [5.74, 6) is 1.50. The van der Waals surface area contributed by atoms with Gasteiger partial charge in [0.1, 0.15) is 0 Å². The number of aromatic nitrogens is 4. The number of hydrogen-bond acceptors (Lipinski definition) is 5. The van der Waals surface area contributed by atoms with Crippen LogP contribution < -0.4 is 10.6 Å². The Hall–Kier alpha value is -2.63. The molecule has 3 aromatic rings. The van der Waals surface area contributed by atoms with Gasteiger partial charge in [-0.05, 0) is 39.2 Å². The van der Waals surface area contributed by atoms with Gasteiger partial charge in [-0.3, -0.25) is 0 Å². The molecule has 6 nitrogen and oxygen atoms in total. The molecule has 30 heavy (non-hydrogen) atoms. The van der Waals surface area contributed by atoms with Gasteiger partial charge in [0, 0.05) is 18.6 Å². The average molecular weight is 409 g/mol. The van der Waals surface area contributed by atoms with E-state index in [9.17, 15) is 0 Å². The summed E-state index contributed by atoms with van der Waals surface area (Å²) in [4.78, 5) is 14.2. The fraction of sp³-hybridized carbons (Fsp3) is 0.542. The maximum absolute atomic E-state index is 4.82. The van der Waals surface area contributed by atoms with E-state index in [1.54, 1.807) is 0 Å². The summed E-state index contributed by atoms with van der Waals surface area (Å²) in [6.07, 6.45) is 8.14. The first-order valence-electron chi connectivity index (χ1n) is 11.4. The Labute approximate surface area is 180 Å². The molecule has 0 amide bonds. The molecule has 2 heterocycles. The standard InChI is InChI=1S/C22H30N6.C2H6/c1-15(2)28-14-24-19-20(23-13-17-9-7-8-16(3)12-17)26-22(27-21(19)28)25-18-10-5-4-6-11-18;1-2/h7-9,12,14-15,18H,4-6,10-11,13H2,1-3H3,(H2,23,25,26,27);1-2H3. The largest absolute Gasteiger partial charge is 0.364 e. The molecule has 4 rings (SSSR count). The van der Waals surface area contributed by atoms with Crippen molar-refractivity contribution in [1.82, 2.24) is 19.5 Å². The van der Waals surface area contributed by atoms with Crippen molar-refractivity contribution in [2.24, 2.45) is 0 Å². The normalized spacial score (nSPS) is 14.5. The third-order valence-electron chi connectivity index (χ3n) is 5.46. The van der Waals surface area contributed by atoms with Crippen molar-refractivity contribution in [3.8, 4) is 0 Å². The predicted molar refractivity (Wildman–Crippen MR) is 126 cm³/mol. The molecule has 2 aromatic heterocycles. The predicted octanol–water partition coefficient (Wildman–Crippen LogP) is 6.10. The minimum absolute atomic E-state index is 0.298. The second-order valence-corrected chi connectivity index (χ2v) is 8.14. The van der Waals surface area contributed by atoms with Gasteiger partial charge in [0.05, 0.1) is 6.33 Å². The Morgan fingerprint density at radius 1 is 1.10 bits per heavy atom. The molecule has 1 aliphatic rings. The van der Waals surface area contributed by atoms with Crippen LogP contribution in [0.1, 0.15) is 77.0 Å². The minimum atomic E-state index is 0.298. The summed E-state index contributed by atoms with van der Waals surface area (Å²) >= 11 is 0. The molecule has 1 fully saturated rings. The van der Waals surface area contributed by atoms with Gasteiger partial charge in [0.25, 0.3) is 0 Å². The smallest absolute Gasteiger partial charge is 0.227 e. The molecular weight excluding hydrogens is 372 g/mol. The van der Waals surface area contributed by atoms with Crippen molar-refractivity contribution in [2.45, 2.75) is 85.4 Å². The van der Waals surface area contributed by atoms with Crippen LogP contribution in [0.2, 0.25) is 0 Å². The first-order chi connectivity index (χ1) is 14.6. The summed E-state index contributed by atoms with van der Waals surface area (Å²) in [6.45, 7) is 11.1. The minimum Gasteiger partial charge on any atom is -0.364 e. The zero-order valence-corrected chi connectivity index (χ0v) is 19.1. The molecule has 6 heteroatoms. The topological polar surface area (TPSA) is 67.7 Å². The first kappa shape index (κ1) is 22.1. The lowest BCUT2D eigenvalue weighted by Gasteiger charge is -2.23. The van der Waals surface area contributed by atoms with Gasteiger partial charge in [-0.2, -0.15) is 9.97 Å². The van der Waals surface area contributed by atoms with Crippen molar-refractivity contribution in [3.05, 3.63) is 41.7 Å². The van der Waals surface area contributed by atoms with Crippen LogP contribution in [0.15, 0.2) is 30.6 Å². The highest BCUT2D eigenvalue weighted by Gasteiger charge is 2.18. The third-order valence-corrected chi connectivity index (χ3v) is 5.46. The maximum Gasteiger partial charge on any atom is 0.227 e. The number of imidazole rings is 1. The molecule has 1 saturated carbocycles. The van der Waals surface area contributed by atoms with Gasteiger partial charge in [0.15, 0.2) is 17.0 Å². The van der Waals surface area contributed by atoms with E-state index in [1.807, 2.05) is 20.2 Å². The highest BCUT2D eigenvalue weighted by Crippen LogP contribution is 2.26. The number of anilines is 2. The van der Waals surface area contributed by atoms with Crippen molar-refractivity contribution < 1.29 is 0 Å². The molecule has 0 radical (unpaired) electrons. The average Bonchev–Trinajstić information content (AvgIpc) is 3.19. The highest BCUT2D eigenvalue weighted by atomic mass is 15.2. The molecule has 1 aromatic carbocycles. The monoisotopic (exact) mass is 408 g/mol. The van der Waals surface area contributed by atoms with E-state index in [1.165, 1.54) is 43.2 Å². The van der Waals surface area contributed by atoms with E-state index in [0.29, 0.717) is 24.6 Å². The number of nitrogens with one attached hydrogen (secondary N) is 2. The van der Waals surface area contributed by atoms with E-state index < -0.39 is 0 Å². The number of fused-ring (bicyclic) bond motifs is 1. The fourth-order valence-electron chi connectivity index (χ4n) is 3.92. The van der Waals surface area contributed by atoms with E-state index >= 15 is 0 Å². The lowest BCUT2D eigenvalue weighted by Crippen LogP contribution is -2.24. The molecule has 162 valence electrons. The SMILES string of the molecule is CC.Cc1cccc(CNc2nc(NC3CCCCC3)nc3c2ncn3C(C)C)c1. The van der Waals surface area contributed by atoms with E-state index in [2.05, 4.69) is 65.2 Å². The Morgan fingerprint density at radius 3 is 2.57 bits per heavy atom. The van der Waals surface area contributed by atoms with Crippen LogP contribution in [0.3, 0.4) is 0 Å². The van der Waals surface area contributed by atoms with Crippen LogP contribution in [-0.4, -0.2) is 25.6 Å². The molecule has 0 spiro atoms. The van der Waals surface area contributed by atoms with Crippen LogP contribution in [0.25, 0.3) is 11.2 Å². The number of nitrogens with zero attached hydrogens (tertiary/aromatic N) is 4. The van der Waals surface area contributed by atoms with Crippen molar-refractivity contribution in [3.63, 3.8) is 0 Å². The highest BCUT2D eigenvalue weighted by molar-refractivity contribution is 5.84. The molecule has 0 bridgehead atoms. The molecular formula is C24H36N6. The third kappa shape index (κ3) is 5.29. The summed E-state index contributed by atoms with van der Waals surface area (Å²) in [7, 11) is 0. The van der Waals surface area contributed by atoms with Crippen molar-refractivity contribution in [1.29, 1.82) is 0 Å². The van der Waals surface area contributed by atoms with E-state index in [4.69, 9.17) is 9.97 Å². The van der Waals surface area contributed by atoms with Gasteiger partial charge in [-0.15, -0.1) is 0 Å². The molecule has 0 aliphatic heterocycles. The second-order valence-electron chi connectivity index (χ2n) is 8.14. The lowest BCUT2D eigenvalue weighted by molar-refractivity contribution is 0.461. The van der Waals surface area contributed by atoms with Gasteiger partial charge in [-0.25, -0.2) is 4.98 Å². The van der Waals surface area contributed by atoms with Gasteiger partial charge in [0.2, 0.25) is 5.95 Å². The van der Waals surface area contributed by atoms with Crippen LogP contribution in [-0.2, 0) is 6.54 Å². The molecule has 1 aliphatic carbocycles. The maximum atomic E-state index is 4.82. The zero-order valence-electron chi connectivity index (χ0n) is 19.1. The molecule has 0 saturated heterocycles. The van der Waals surface area contributed by atoms with Crippen molar-refractivity contribution in [2.75, 3.05) is 10.6 Å². The summed E-state index contributed by atoms with van der Waals surface area (Å²) < 4.78 is 2.11. The second kappa shape index (κ2) is 10.4. The van der Waals surface area contributed by atoms with Gasteiger partial charge in [-0.1, -0.05) is 62.9 Å². The van der Waals surface area contributed by atoms with Gasteiger partial charge >= 0.3 is 0 Å². The Bertz CT molecular complexity index is 940. The van der Waals surface area contributed by atoms with Gasteiger partial charge < -0.3 is 15.2 Å².